The van der Waals surface area contributed by atoms with E-state index in [2.05, 4.69) is 24.0 Å². The van der Waals surface area contributed by atoms with E-state index in [0.29, 0.717) is 18.1 Å². The molecule has 1 aromatic carbocycles. The molecule has 25 heavy (non-hydrogen) atoms. The van der Waals surface area contributed by atoms with Crippen LogP contribution in [-0.4, -0.2) is 27.6 Å². The molecule has 0 aliphatic heterocycles. The molecule has 0 spiro atoms. The monoisotopic (exact) mass is 361 g/mol. The minimum atomic E-state index is -1.32. The first-order chi connectivity index (χ1) is 11.9. The summed E-state index contributed by atoms with van der Waals surface area (Å²) in [6, 6.07) is 7.66. The summed E-state index contributed by atoms with van der Waals surface area (Å²) in [4.78, 5) is 0. The molecule has 0 aliphatic rings. The first kappa shape index (κ1) is 19.6. The fourth-order valence-corrected chi connectivity index (χ4v) is 2.87. The zero-order valence-electron chi connectivity index (χ0n) is 15.1. The van der Waals surface area contributed by atoms with Crippen molar-refractivity contribution in [3.8, 4) is 5.75 Å². The molecule has 0 bridgehead atoms. The summed E-state index contributed by atoms with van der Waals surface area (Å²) in [7, 11) is 0. The minimum absolute atomic E-state index is 0.0617. The molecule has 136 valence electrons. The predicted molar refractivity (Wildman–Crippen MR) is 103 cm³/mol. The Hall–Kier alpha value is -1.76. The van der Waals surface area contributed by atoms with Gasteiger partial charge in [0, 0.05) is 5.56 Å². The lowest BCUT2D eigenvalue weighted by Crippen LogP contribution is -2.45. The Balaban J connectivity index is 1.99. The molecule has 2 aromatic rings. The van der Waals surface area contributed by atoms with E-state index in [1.165, 1.54) is 11.3 Å². The van der Waals surface area contributed by atoms with E-state index >= 15 is 0 Å². The second-order valence-corrected chi connectivity index (χ2v) is 7.69. The average Bonchev–Trinajstić information content (AvgIpc) is 3.02. The van der Waals surface area contributed by atoms with Gasteiger partial charge in [0.05, 0.1) is 0 Å². The molecule has 1 aromatic heterocycles. The van der Waals surface area contributed by atoms with Crippen LogP contribution in [0.1, 0.15) is 48.7 Å². The van der Waals surface area contributed by atoms with E-state index in [-0.39, 0.29) is 6.61 Å². The van der Waals surface area contributed by atoms with E-state index in [1.807, 2.05) is 43.3 Å². The Morgan fingerprint density at radius 3 is 2.76 bits per heavy atom. The van der Waals surface area contributed by atoms with Gasteiger partial charge in [0.25, 0.3) is 0 Å². The lowest BCUT2D eigenvalue weighted by atomic mass is 9.98. The second-order valence-electron chi connectivity index (χ2n) is 6.47. The quantitative estimate of drug-likeness (QED) is 0.663. The predicted octanol–water partition coefficient (Wildman–Crippen LogP) is 3.87. The Labute approximate surface area is 153 Å². The van der Waals surface area contributed by atoms with Gasteiger partial charge in [-0.1, -0.05) is 49.8 Å². The summed E-state index contributed by atoms with van der Waals surface area (Å²) in [6.07, 6.45) is 6.32. The van der Waals surface area contributed by atoms with Gasteiger partial charge in [-0.2, -0.15) is 0 Å². The summed E-state index contributed by atoms with van der Waals surface area (Å²) in [6.45, 7) is 6.28. The Kier molecular flexibility index (Phi) is 7.11. The van der Waals surface area contributed by atoms with Crippen LogP contribution >= 0.6 is 11.3 Å². The average molecular weight is 362 g/mol. The normalized spacial score (nSPS) is 15.2. The van der Waals surface area contributed by atoms with Crippen LogP contribution in [0.4, 0.5) is 0 Å². The van der Waals surface area contributed by atoms with E-state index in [9.17, 15) is 5.11 Å². The van der Waals surface area contributed by atoms with Crippen molar-refractivity contribution in [2.24, 2.45) is 11.7 Å². The largest absolute Gasteiger partial charge is 0.489 e. The van der Waals surface area contributed by atoms with Gasteiger partial charge in [0.2, 0.25) is 0 Å². The maximum absolute atomic E-state index is 10.3. The molecular weight excluding hydrogens is 334 g/mol. The Morgan fingerprint density at radius 1 is 1.32 bits per heavy atom. The van der Waals surface area contributed by atoms with Crippen molar-refractivity contribution in [2.75, 3.05) is 6.61 Å². The number of rotatable bonds is 9. The highest BCUT2D eigenvalue weighted by Gasteiger charge is 2.23. The second kappa shape index (κ2) is 9.08. The number of nitrogens with two attached hydrogens (primary N) is 1. The van der Waals surface area contributed by atoms with Crippen molar-refractivity contribution in [2.45, 2.75) is 45.8 Å². The van der Waals surface area contributed by atoms with E-state index in [4.69, 9.17) is 10.5 Å². The molecule has 0 aliphatic carbocycles. The van der Waals surface area contributed by atoms with E-state index < -0.39 is 5.72 Å². The van der Waals surface area contributed by atoms with Crippen LogP contribution < -0.4 is 10.5 Å². The van der Waals surface area contributed by atoms with Gasteiger partial charge in [0.1, 0.15) is 28.1 Å². The molecule has 0 radical (unpaired) electrons. The molecule has 1 heterocycles. The maximum atomic E-state index is 10.3. The molecule has 5 nitrogen and oxygen atoms in total. The van der Waals surface area contributed by atoms with Gasteiger partial charge in [0.15, 0.2) is 0 Å². The molecule has 0 fully saturated rings. The summed E-state index contributed by atoms with van der Waals surface area (Å²) in [5.41, 5.74) is 5.57. The zero-order chi connectivity index (χ0) is 18.3. The molecule has 3 N–H and O–H groups in total. The van der Waals surface area contributed by atoms with Crippen LogP contribution in [0.2, 0.25) is 0 Å². The van der Waals surface area contributed by atoms with Crippen LogP contribution in [0.25, 0.3) is 12.2 Å². The summed E-state index contributed by atoms with van der Waals surface area (Å²) < 4.78 is 5.80. The number of aliphatic hydroxyl groups is 1. The molecule has 2 atom stereocenters. The molecular formula is C19H27N3O2S. The third kappa shape index (κ3) is 6.57. The topological polar surface area (TPSA) is 81.3 Å². The van der Waals surface area contributed by atoms with Gasteiger partial charge in [-0.15, -0.1) is 10.2 Å². The first-order valence-corrected chi connectivity index (χ1v) is 9.42. The molecule has 0 saturated carbocycles. The van der Waals surface area contributed by atoms with Crippen LogP contribution in [0.3, 0.4) is 0 Å². The van der Waals surface area contributed by atoms with Gasteiger partial charge in [-0.3, -0.25) is 0 Å². The molecule has 0 saturated heterocycles. The number of hydrogen-bond acceptors (Lipinski definition) is 6. The lowest BCUT2D eigenvalue weighted by molar-refractivity contribution is -0.0111. The van der Waals surface area contributed by atoms with E-state index in [1.54, 1.807) is 0 Å². The van der Waals surface area contributed by atoms with Crippen molar-refractivity contribution < 1.29 is 9.84 Å². The SMILES string of the molecule is CCC(C)CCC(N)(O)COc1ccccc1C=Cc1nnc(C)s1. The number of benzene rings is 1. The molecule has 2 rings (SSSR count). The fraction of sp³-hybridized carbons (Fsp3) is 0.474. The van der Waals surface area contributed by atoms with Gasteiger partial charge in [-0.05, 0) is 43.9 Å². The summed E-state index contributed by atoms with van der Waals surface area (Å²) in [5, 5.41) is 20.2. The highest BCUT2D eigenvalue weighted by Crippen LogP contribution is 2.23. The van der Waals surface area contributed by atoms with Crippen LogP contribution in [0.15, 0.2) is 24.3 Å². The minimum Gasteiger partial charge on any atom is -0.489 e. The van der Waals surface area contributed by atoms with Crippen LogP contribution in [0, 0.1) is 12.8 Å². The van der Waals surface area contributed by atoms with Crippen molar-refractivity contribution in [1.29, 1.82) is 0 Å². The summed E-state index contributed by atoms with van der Waals surface area (Å²) in [5.74, 6) is 1.23. The van der Waals surface area contributed by atoms with Crippen molar-refractivity contribution in [3.63, 3.8) is 0 Å². The number of aryl methyl sites for hydroxylation is 1. The van der Waals surface area contributed by atoms with Crippen LogP contribution in [-0.2, 0) is 0 Å². The molecule has 2 unspecified atom stereocenters. The standard InChI is InChI=1S/C19H27N3O2S/c1-4-14(2)11-12-19(20,23)13-24-17-8-6-5-7-16(17)9-10-18-22-21-15(3)25-18/h5-10,14,23H,4,11-13,20H2,1-3H3. The highest BCUT2D eigenvalue weighted by atomic mass is 32.1. The number of para-hydroxylation sites is 1. The zero-order valence-corrected chi connectivity index (χ0v) is 15.9. The number of ether oxygens (including phenoxy) is 1. The van der Waals surface area contributed by atoms with Gasteiger partial charge in [-0.25, -0.2) is 0 Å². The van der Waals surface area contributed by atoms with Gasteiger partial charge >= 0.3 is 0 Å². The highest BCUT2D eigenvalue weighted by molar-refractivity contribution is 7.12. The van der Waals surface area contributed by atoms with Crippen molar-refractivity contribution in [1.82, 2.24) is 10.2 Å². The van der Waals surface area contributed by atoms with E-state index in [0.717, 1.165) is 28.4 Å². The van der Waals surface area contributed by atoms with Gasteiger partial charge < -0.3 is 15.6 Å². The first-order valence-electron chi connectivity index (χ1n) is 8.61. The smallest absolute Gasteiger partial charge is 0.147 e. The maximum Gasteiger partial charge on any atom is 0.147 e. The number of aromatic nitrogens is 2. The Morgan fingerprint density at radius 2 is 2.08 bits per heavy atom. The Bertz CT molecular complexity index is 697. The lowest BCUT2D eigenvalue weighted by Gasteiger charge is -2.25. The van der Waals surface area contributed by atoms with Crippen LogP contribution in [0.5, 0.6) is 5.75 Å². The fourth-order valence-electron chi connectivity index (χ4n) is 2.27. The summed E-state index contributed by atoms with van der Waals surface area (Å²) >= 11 is 1.53. The molecule has 0 amide bonds. The number of nitrogens with zero attached hydrogens (tertiary/aromatic N) is 2. The van der Waals surface area contributed by atoms with Crippen molar-refractivity contribution in [3.05, 3.63) is 39.8 Å². The molecule has 6 heteroatoms. The third-order valence-electron chi connectivity index (χ3n) is 4.11. The van der Waals surface area contributed by atoms with Crippen molar-refractivity contribution >= 4 is 23.5 Å². The third-order valence-corrected chi connectivity index (χ3v) is 4.91. The number of hydrogen-bond donors (Lipinski definition) is 2.